The second-order valence-corrected chi connectivity index (χ2v) is 9.16. The molecule has 0 aromatic carbocycles. The second-order valence-electron chi connectivity index (χ2n) is 6.70. The van der Waals surface area contributed by atoms with Crippen LogP contribution in [0.25, 0.3) is 0 Å². The molecule has 0 aromatic rings. The van der Waals surface area contributed by atoms with E-state index in [2.05, 4.69) is 34.6 Å². The summed E-state index contributed by atoms with van der Waals surface area (Å²) in [6.45, 7) is 13.4. The van der Waals surface area contributed by atoms with Gasteiger partial charge >= 0.3 is 14.5 Å². The molecule has 0 spiro atoms. The third-order valence-corrected chi connectivity index (χ3v) is 7.49. The van der Waals surface area contributed by atoms with Crippen LogP contribution in [0, 0.1) is 17.8 Å². The lowest BCUT2D eigenvalue weighted by molar-refractivity contribution is 0.00544. The van der Waals surface area contributed by atoms with Gasteiger partial charge in [0.2, 0.25) is 0 Å². The number of ether oxygens (including phenoxy) is 1. The van der Waals surface area contributed by atoms with Crippen LogP contribution in [0.4, 0.5) is 0 Å². The summed E-state index contributed by atoms with van der Waals surface area (Å²) in [4.78, 5) is 0. The summed E-state index contributed by atoms with van der Waals surface area (Å²) in [5.74, 6) is 2.18. The first kappa shape index (κ1) is 16.5. The molecule has 1 aliphatic heterocycles. The van der Waals surface area contributed by atoms with E-state index in [1.165, 1.54) is 23.4 Å². The van der Waals surface area contributed by atoms with Gasteiger partial charge in [0.05, 0.1) is 6.61 Å². The van der Waals surface area contributed by atoms with Crippen molar-refractivity contribution in [2.45, 2.75) is 64.1 Å². The fourth-order valence-corrected chi connectivity index (χ4v) is 6.16. The van der Waals surface area contributed by atoms with Gasteiger partial charge in [-0.1, -0.05) is 50.1 Å². The summed E-state index contributed by atoms with van der Waals surface area (Å²) in [5.41, 5.74) is 0. The van der Waals surface area contributed by atoms with Crippen molar-refractivity contribution in [3.63, 3.8) is 0 Å². The van der Waals surface area contributed by atoms with Gasteiger partial charge in [-0.3, -0.25) is 0 Å². The molecule has 0 aliphatic carbocycles. The van der Waals surface area contributed by atoms with Gasteiger partial charge in [0.25, 0.3) is 0 Å². The predicted molar refractivity (Wildman–Crippen MR) is 79.1 cm³/mol. The van der Waals surface area contributed by atoms with Gasteiger partial charge in [0, 0.05) is 18.6 Å². The van der Waals surface area contributed by atoms with Gasteiger partial charge in [0.1, 0.15) is 0 Å². The van der Waals surface area contributed by atoms with E-state index in [9.17, 15) is 0 Å². The molecule has 1 aliphatic rings. The Balaban J connectivity index is 2.41. The van der Waals surface area contributed by atoms with E-state index in [0.29, 0.717) is 12.0 Å². The van der Waals surface area contributed by atoms with Crippen LogP contribution < -0.4 is 0 Å². The highest BCUT2D eigenvalue weighted by molar-refractivity contribution is 6.52. The quantitative estimate of drug-likeness (QED) is 0.648. The Morgan fingerprint density at radius 2 is 1.72 bits per heavy atom. The lowest BCUT2D eigenvalue weighted by Gasteiger charge is -2.31. The van der Waals surface area contributed by atoms with Crippen LogP contribution in [0.3, 0.4) is 0 Å². The minimum atomic E-state index is -1.03. The zero-order chi connectivity index (χ0) is 13.5. The summed E-state index contributed by atoms with van der Waals surface area (Å²) in [5, 5.41) is 2.63. The Labute approximate surface area is 118 Å². The highest BCUT2D eigenvalue weighted by Gasteiger charge is 2.29. The summed E-state index contributed by atoms with van der Waals surface area (Å²) < 4.78 is 12.1. The normalized spacial score (nSPS) is 22.5. The minimum Gasteiger partial charge on any atom is -0.498 e. The molecule has 0 saturated carbocycles. The Kier molecular flexibility index (Phi) is 7.88. The van der Waals surface area contributed by atoms with Crippen molar-refractivity contribution in [2.75, 3.05) is 13.2 Å². The van der Waals surface area contributed by atoms with Crippen LogP contribution in [-0.4, -0.2) is 33.8 Å². The van der Waals surface area contributed by atoms with E-state index in [-0.39, 0.29) is 0 Å². The van der Waals surface area contributed by atoms with Gasteiger partial charge in [-0.15, -0.1) is 0 Å². The molecular weight excluding hydrogens is 239 g/mol. The molecule has 2 unspecified atom stereocenters. The maximum Gasteiger partial charge on any atom is 0.461 e. The second kappa shape index (κ2) is 8.59. The molecule has 1 saturated heterocycles. The topological polar surface area (TPSA) is 18.5 Å². The van der Waals surface area contributed by atoms with E-state index in [1.807, 2.05) is 0 Å². The van der Waals surface area contributed by atoms with E-state index >= 15 is 0 Å². The Bertz CT molecular complexity index is 203. The van der Waals surface area contributed by atoms with Gasteiger partial charge in [-0.25, -0.2) is 0 Å². The molecule has 18 heavy (non-hydrogen) atoms. The van der Waals surface area contributed by atoms with Crippen molar-refractivity contribution in [1.82, 2.24) is 0 Å². The van der Waals surface area contributed by atoms with Crippen molar-refractivity contribution < 1.29 is 8.53 Å². The van der Waals surface area contributed by atoms with E-state index in [1.54, 1.807) is 0 Å². The van der Waals surface area contributed by atoms with Crippen LogP contribution in [-0.2, 0) is 8.53 Å². The smallest absolute Gasteiger partial charge is 0.461 e. The van der Waals surface area contributed by atoms with E-state index in [0.717, 1.165) is 25.0 Å². The van der Waals surface area contributed by atoms with Gasteiger partial charge in [0.15, 0.2) is 0 Å². The molecule has 2 atom stereocenters. The lowest BCUT2D eigenvalue weighted by atomic mass is 9.97. The van der Waals surface area contributed by atoms with Crippen LogP contribution in [0.1, 0.15) is 47.5 Å². The van der Waals surface area contributed by atoms with Gasteiger partial charge in [-0.05, 0) is 19.8 Å². The molecule has 3 heteroatoms. The summed E-state index contributed by atoms with van der Waals surface area (Å²) >= 11 is -1.03. The van der Waals surface area contributed by atoms with E-state index < -0.39 is 14.5 Å². The molecule has 0 N–H and O–H groups in total. The van der Waals surface area contributed by atoms with Crippen LogP contribution in [0.5, 0.6) is 0 Å². The predicted octanol–water partition coefficient (Wildman–Crippen LogP) is 4.12. The molecule has 0 radical (unpaired) electrons. The maximum absolute atomic E-state index is 6.47. The fraction of sp³-hybridized carbons (Fsp3) is 1.00. The molecular formula is C15H31AlO2. The van der Waals surface area contributed by atoms with Crippen LogP contribution in [0.15, 0.2) is 0 Å². The van der Waals surface area contributed by atoms with Gasteiger partial charge < -0.3 is 8.53 Å². The van der Waals surface area contributed by atoms with Crippen LogP contribution >= 0.6 is 0 Å². The first-order chi connectivity index (χ1) is 8.49. The SMILES string of the molecule is CC(C)[CH2][Al]([CH2]C(C)C)[O]C(C)C1CCCOC1. The monoisotopic (exact) mass is 270 g/mol. The summed E-state index contributed by atoms with van der Waals surface area (Å²) in [6, 6.07) is 0. The van der Waals surface area contributed by atoms with E-state index in [4.69, 9.17) is 8.53 Å². The third-order valence-electron chi connectivity index (χ3n) is 3.74. The Morgan fingerprint density at radius 1 is 1.11 bits per heavy atom. The van der Waals surface area contributed by atoms with Crippen molar-refractivity contribution in [2.24, 2.45) is 17.8 Å². The van der Waals surface area contributed by atoms with Crippen molar-refractivity contribution in [3.8, 4) is 0 Å². The maximum atomic E-state index is 6.47. The van der Waals surface area contributed by atoms with Crippen LogP contribution in [0.2, 0.25) is 10.6 Å². The first-order valence-corrected chi connectivity index (χ1v) is 9.82. The van der Waals surface area contributed by atoms with Gasteiger partial charge in [-0.2, -0.15) is 0 Å². The van der Waals surface area contributed by atoms with Crippen molar-refractivity contribution in [1.29, 1.82) is 0 Å². The van der Waals surface area contributed by atoms with Crippen molar-refractivity contribution >= 4 is 14.5 Å². The molecule has 1 fully saturated rings. The fourth-order valence-electron chi connectivity index (χ4n) is 2.81. The average Bonchev–Trinajstić information content (AvgIpc) is 2.28. The standard InChI is InChI=1S/C7H13O2.2C4H9.Al/c1-6(8)7-3-2-4-9-5-7;2*1-4(2)3;/h6-7H,2-5H2,1H3;2*4H,1H2,2-3H3;/q-1;;;+1. The molecule has 0 bridgehead atoms. The molecule has 0 amide bonds. The molecule has 2 nitrogen and oxygen atoms in total. The highest BCUT2D eigenvalue weighted by Crippen LogP contribution is 2.23. The largest absolute Gasteiger partial charge is 0.498 e. The Hall–Kier alpha value is 0.452. The summed E-state index contributed by atoms with van der Waals surface area (Å²) in [6.07, 6.45) is 2.89. The molecule has 1 heterocycles. The first-order valence-electron chi connectivity index (χ1n) is 7.72. The Morgan fingerprint density at radius 3 is 2.17 bits per heavy atom. The van der Waals surface area contributed by atoms with Crippen molar-refractivity contribution in [3.05, 3.63) is 0 Å². The number of rotatable bonds is 7. The zero-order valence-corrected chi connectivity index (χ0v) is 14.1. The molecule has 1 rings (SSSR count). The zero-order valence-electron chi connectivity index (χ0n) is 12.9. The highest BCUT2D eigenvalue weighted by atomic mass is 27.2. The minimum absolute atomic E-state index is 0.402. The third kappa shape index (κ3) is 6.57. The lowest BCUT2D eigenvalue weighted by Crippen LogP contribution is -2.35. The summed E-state index contributed by atoms with van der Waals surface area (Å²) in [7, 11) is 0. The average molecular weight is 270 g/mol. The number of hydrogen-bond donors (Lipinski definition) is 0. The molecule has 0 aromatic heterocycles. The molecule has 106 valence electrons. The number of hydrogen-bond acceptors (Lipinski definition) is 2.